The van der Waals surface area contributed by atoms with Gasteiger partial charge >= 0.3 is 0 Å². The van der Waals surface area contributed by atoms with Gasteiger partial charge in [0.25, 0.3) is 0 Å². The zero-order valence-corrected chi connectivity index (χ0v) is 10.2. The second kappa shape index (κ2) is 3.74. The largest absolute Gasteiger partial charge is 0.358 e. The highest BCUT2D eigenvalue weighted by molar-refractivity contribution is 5.81. The third-order valence-electron chi connectivity index (χ3n) is 3.17. The molecule has 1 aromatic carbocycles. The fraction of sp³-hybridized carbons (Fsp3) is 0.143. The minimum absolute atomic E-state index is 0.686. The van der Waals surface area contributed by atoms with Crippen LogP contribution in [-0.4, -0.2) is 14.5 Å². The van der Waals surface area contributed by atoms with Crippen LogP contribution in [0, 0.1) is 18.3 Å². The first-order valence-electron chi connectivity index (χ1n) is 5.70. The van der Waals surface area contributed by atoms with Gasteiger partial charge < -0.3 is 9.55 Å². The molecule has 0 fully saturated rings. The van der Waals surface area contributed by atoms with Crippen LogP contribution >= 0.6 is 0 Å². The van der Waals surface area contributed by atoms with Gasteiger partial charge in [0, 0.05) is 24.0 Å². The highest BCUT2D eigenvalue weighted by atomic mass is 15.0. The van der Waals surface area contributed by atoms with Gasteiger partial charge in [0.15, 0.2) is 0 Å². The summed E-state index contributed by atoms with van der Waals surface area (Å²) in [6.45, 7) is 1.90. The second-order valence-corrected chi connectivity index (χ2v) is 4.39. The van der Waals surface area contributed by atoms with Crippen LogP contribution in [0.3, 0.4) is 0 Å². The number of hydrogen-bond donors (Lipinski definition) is 1. The van der Waals surface area contributed by atoms with E-state index in [-0.39, 0.29) is 0 Å². The number of nitrogens with one attached hydrogen (secondary N) is 1. The van der Waals surface area contributed by atoms with Crippen LogP contribution in [0.15, 0.2) is 30.6 Å². The standard InChI is InChI=1S/C14H12N4/c1-9-11(7-15)6-12(17-9)10-3-4-14-13(5-10)16-8-18(14)2/h3-6,8,17H,1-2H3. The van der Waals surface area contributed by atoms with Crippen molar-refractivity contribution in [3.8, 4) is 17.3 Å². The lowest BCUT2D eigenvalue weighted by Crippen LogP contribution is -1.84. The Kier molecular flexibility index (Phi) is 2.20. The number of aryl methyl sites for hydroxylation is 2. The maximum Gasteiger partial charge on any atom is 0.101 e. The summed E-state index contributed by atoms with van der Waals surface area (Å²) in [6, 6.07) is 10.2. The van der Waals surface area contributed by atoms with Crippen molar-refractivity contribution in [3.63, 3.8) is 0 Å². The Labute approximate surface area is 105 Å². The van der Waals surface area contributed by atoms with Gasteiger partial charge in [-0.2, -0.15) is 5.26 Å². The number of benzene rings is 1. The van der Waals surface area contributed by atoms with Crippen molar-refractivity contribution in [3.05, 3.63) is 41.9 Å². The fourth-order valence-electron chi connectivity index (χ4n) is 2.13. The summed E-state index contributed by atoms with van der Waals surface area (Å²) in [7, 11) is 1.97. The van der Waals surface area contributed by atoms with Crippen molar-refractivity contribution in [1.82, 2.24) is 14.5 Å². The minimum atomic E-state index is 0.686. The Morgan fingerprint density at radius 2 is 2.17 bits per heavy atom. The van der Waals surface area contributed by atoms with E-state index in [1.807, 2.05) is 42.8 Å². The Balaban J connectivity index is 2.16. The predicted octanol–water partition coefficient (Wildman–Crippen LogP) is 2.75. The second-order valence-electron chi connectivity index (χ2n) is 4.39. The first kappa shape index (κ1) is 10.6. The molecule has 0 radical (unpaired) electrons. The van der Waals surface area contributed by atoms with Gasteiger partial charge in [-0.1, -0.05) is 6.07 Å². The van der Waals surface area contributed by atoms with Gasteiger partial charge in [0.2, 0.25) is 0 Å². The zero-order valence-electron chi connectivity index (χ0n) is 10.2. The molecule has 0 bridgehead atoms. The van der Waals surface area contributed by atoms with Gasteiger partial charge in [0.1, 0.15) is 6.07 Å². The minimum Gasteiger partial charge on any atom is -0.358 e. The summed E-state index contributed by atoms with van der Waals surface area (Å²) in [5, 5.41) is 8.97. The van der Waals surface area contributed by atoms with Crippen molar-refractivity contribution in [2.75, 3.05) is 0 Å². The first-order chi connectivity index (χ1) is 8.69. The van der Waals surface area contributed by atoms with E-state index >= 15 is 0 Å². The van der Waals surface area contributed by atoms with Crippen LogP contribution in [0.5, 0.6) is 0 Å². The maximum atomic E-state index is 8.97. The molecule has 2 aromatic heterocycles. The summed E-state index contributed by atoms with van der Waals surface area (Å²) in [4.78, 5) is 7.56. The highest BCUT2D eigenvalue weighted by Gasteiger charge is 2.07. The number of H-pyrrole nitrogens is 1. The lowest BCUT2D eigenvalue weighted by Gasteiger charge is -1.99. The van der Waals surface area contributed by atoms with Crippen molar-refractivity contribution in [2.45, 2.75) is 6.92 Å². The highest BCUT2D eigenvalue weighted by Crippen LogP contribution is 2.24. The molecule has 0 aliphatic heterocycles. The van der Waals surface area contributed by atoms with Crippen LogP contribution in [-0.2, 0) is 7.05 Å². The van der Waals surface area contributed by atoms with E-state index in [1.54, 1.807) is 6.33 Å². The molecule has 0 saturated carbocycles. The third-order valence-corrected chi connectivity index (χ3v) is 3.17. The van der Waals surface area contributed by atoms with Crippen LogP contribution in [0.4, 0.5) is 0 Å². The quantitative estimate of drug-likeness (QED) is 0.706. The molecule has 0 spiro atoms. The number of fused-ring (bicyclic) bond motifs is 1. The topological polar surface area (TPSA) is 57.4 Å². The summed E-state index contributed by atoms with van der Waals surface area (Å²) in [5.41, 5.74) is 5.64. The molecule has 4 heteroatoms. The molecule has 0 saturated heterocycles. The van der Waals surface area contributed by atoms with E-state index in [0.717, 1.165) is 28.0 Å². The van der Waals surface area contributed by atoms with E-state index in [4.69, 9.17) is 5.26 Å². The van der Waals surface area contributed by atoms with Crippen LogP contribution < -0.4 is 0 Å². The molecule has 4 nitrogen and oxygen atoms in total. The lowest BCUT2D eigenvalue weighted by atomic mass is 10.1. The van der Waals surface area contributed by atoms with E-state index in [9.17, 15) is 0 Å². The molecule has 0 aliphatic carbocycles. The molecule has 3 rings (SSSR count). The molecule has 2 heterocycles. The molecule has 0 aliphatic rings. The number of nitriles is 1. The van der Waals surface area contributed by atoms with E-state index < -0.39 is 0 Å². The molecular weight excluding hydrogens is 224 g/mol. The van der Waals surface area contributed by atoms with Crippen molar-refractivity contribution >= 4 is 11.0 Å². The number of imidazole rings is 1. The first-order valence-corrected chi connectivity index (χ1v) is 5.70. The lowest BCUT2D eigenvalue weighted by molar-refractivity contribution is 0.948. The zero-order chi connectivity index (χ0) is 12.7. The van der Waals surface area contributed by atoms with Crippen molar-refractivity contribution < 1.29 is 0 Å². The predicted molar refractivity (Wildman–Crippen MR) is 70.0 cm³/mol. The van der Waals surface area contributed by atoms with E-state index in [2.05, 4.69) is 16.0 Å². The summed E-state index contributed by atoms with van der Waals surface area (Å²) in [5.74, 6) is 0. The molecule has 0 amide bonds. The Bertz CT molecular complexity index is 771. The smallest absolute Gasteiger partial charge is 0.101 e. The third kappa shape index (κ3) is 1.49. The number of rotatable bonds is 1. The molecule has 1 N–H and O–H groups in total. The number of aromatic amines is 1. The molecule has 18 heavy (non-hydrogen) atoms. The number of nitrogens with zero attached hydrogens (tertiary/aromatic N) is 3. The molecular formula is C14H12N4. The molecule has 0 atom stereocenters. The number of hydrogen-bond acceptors (Lipinski definition) is 2. The van der Waals surface area contributed by atoms with Crippen molar-refractivity contribution in [1.29, 1.82) is 5.26 Å². The molecule has 88 valence electrons. The Morgan fingerprint density at radius 3 is 2.89 bits per heavy atom. The van der Waals surface area contributed by atoms with Gasteiger partial charge in [-0.25, -0.2) is 4.98 Å². The van der Waals surface area contributed by atoms with Crippen LogP contribution in [0.2, 0.25) is 0 Å². The Hall–Kier alpha value is -2.54. The number of aromatic nitrogens is 3. The molecule has 3 aromatic rings. The SMILES string of the molecule is Cc1[nH]c(-c2ccc3c(c2)ncn3C)cc1C#N. The average molecular weight is 236 g/mol. The summed E-state index contributed by atoms with van der Waals surface area (Å²) >= 11 is 0. The molecule has 0 unspecified atom stereocenters. The van der Waals surface area contributed by atoms with Gasteiger partial charge in [-0.15, -0.1) is 0 Å². The summed E-state index contributed by atoms with van der Waals surface area (Å²) in [6.07, 6.45) is 1.80. The van der Waals surface area contributed by atoms with Gasteiger partial charge in [-0.3, -0.25) is 0 Å². The van der Waals surface area contributed by atoms with Crippen molar-refractivity contribution in [2.24, 2.45) is 7.05 Å². The summed E-state index contributed by atoms with van der Waals surface area (Å²) < 4.78 is 1.99. The van der Waals surface area contributed by atoms with E-state index in [0.29, 0.717) is 5.56 Å². The van der Waals surface area contributed by atoms with Crippen LogP contribution in [0.25, 0.3) is 22.3 Å². The normalized spacial score (nSPS) is 10.7. The Morgan fingerprint density at radius 1 is 1.33 bits per heavy atom. The van der Waals surface area contributed by atoms with Crippen LogP contribution in [0.1, 0.15) is 11.3 Å². The van der Waals surface area contributed by atoms with Gasteiger partial charge in [0.05, 0.1) is 22.9 Å². The average Bonchev–Trinajstić information content (AvgIpc) is 2.93. The maximum absolute atomic E-state index is 8.97. The van der Waals surface area contributed by atoms with Gasteiger partial charge in [-0.05, 0) is 25.1 Å². The monoisotopic (exact) mass is 236 g/mol. The fourth-order valence-corrected chi connectivity index (χ4v) is 2.13. The van der Waals surface area contributed by atoms with E-state index in [1.165, 1.54) is 0 Å².